The second kappa shape index (κ2) is 8.37. The molecule has 0 bridgehead atoms. The fourth-order valence-corrected chi connectivity index (χ4v) is 6.59. The maximum atomic E-state index is 4.55. The van der Waals surface area contributed by atoms with Gasteiger partial charge in [-0.05, 0) is 36.7 Å². The summed E-state index contributed by atoms with van der Waals surface area (Å²) >= 11 is 0. The smallest absolute Gasteiger partial charge is 0.0956 e. The standard InChI is InChI=1S/C27H24N3P/c1-29-20-28-23-16-11-18-25(27(23)29)30(2)24-17-9-10-19-26(24)31(21-12-5-3-6-13-21)22-14-7-4-8-15-22/h3-20H,1-2H3. The topological polar surface area (TPSA) is 21.1 Å². The minimum Gasteiger partial charge on any atom is -0.342 e. The summed E-state index contributed by atoms with van der Waals surface area (Å²) in [6.07, 6.45) is 1.88. The zero-order valence-electron chi connectivity index (χ0n) is 17.7. The van der Waals surface area contributed by atoms with E-state index in [4.69, 9.17) is 0 Å². The van der Waals surface area contributed by atoms with Gasteiger partial charge in [0.05, 0.1) is 23.0 Å². The Morgan fingerprint density at radius 1 is 0.677 bits per heavy atom. The van der Waals surface area contributed by atoms with Crippen molar-refractivity contribution in [2.24, 2.45) is 7.05 Å². The molecule has 1 heterocycles. The molecule has 5 aromatic rings. The van der Waals surface area contributed by atoms with Crippen molar-refractivity contribution in [3.63, 3.8) is 0 Å². The minimum absolute atomic E-state index is 0.693. The highest BCUT2D eigenvalue weighted by Crippen LogP contribution is 2.39. The van der Waals surface area contributed by atoms with Crippen LogP contribution in [0, 0.1) is 0 Å². The first-order chi connectivity index (χ1) is 15.2. The molecule has 0 amide bonds. The molecule has 0 fully saturated rings. The Balaban J connectivity index is 1.70. The molecule has 4 aromatic carbocycles. The number of aryl methyl sites for hydroxylation is 1. The molecule has 31 heavy (non-hydrogen) atoms. The van der Waals surface area contributed by atoms with Crippen molar-refractivity contribution in [2.75, 3.05) is 11.9 Å². The molecule has 1 aromatic heterocycles. The normalized spacial score (nSPS) is 11.2. The second-order valence-corrected chi connectivity index (χ2v) is 9.74. The van der Waals surface area contributed by atoms with Gasteiger partial charge in [-0.25, -0.2) is 4.98 Å². The van der Waals surface area contributed by atoms with Gasteiger partial charge >= 0.3 is 0 Å². The minimum atomic E-state index is -0.693. The number of hydrogen-bond donors (Lipinski definition) is 0. The van der Waals surface area contributed by atoms with E-state index in [-0.39, 0.29) is 0 Å². The number of benzene rings is 4. The third-order valence-electron chi connectivity index (χ3n) is 5.59. The molecule has 0 spiro atoms. The predicted octanol–water partition coefficient (Wildman–Crippen LogP) is 5.10. The molecule has 0 saturated heterocycles. The van der Waals surface area contributed by atoms with Gasteiger partial charge in [0.15, 0.2) is 0 Å². The fraction of sp³-hybridized carbons (Fsp3) is 0.0741. The third kappa shape index (κ3) is 3.62. The van der Waals surface area contributed by atoms with Crippen molar-refractivity contribution in [1.82, 2.24) is 9.55 Å². The van der Waals surface area contributed by atoms with Crippen molar-refractivity contribution in [1.29, 1.82) is 0 Å². The highest BCUT2D eigenvalue weighted by atomic mass is 31.1. The highest BCUT2D eigenvalue weighted by Gasteiger charge is 2.22. The number of rotatable bonds is 5. The fourth-order valence-electron chi connectivity index (χ4n) is 4.11. The average Bonchev–Trinajstić information content (AvgIpc) is 3.22. The van der Waals surface area contributed by atoms with Gasteiger partial charge in [-0.1, -0.05) is 84.9 Å². The van der Waals surface area contributed by atoms with E-state index >= 15 is 0 Å². The lowest BCUT2D eigenvalue weighted by Crippen LogP contribution is -2.26. The Morgan fingerprint density at radius 2 is 1.26 bits per heavy atom. The van der Waals surface area contributed by atoms with E-state index in [0.29, 0.717) is 0 Å². The van der Waals surface area contributed by atoms with E-state index in [0.717, 1.165) is 16.7 Å². The molecule has 4 heteroatoms. The SMILES string of the molecule is CN(c1ccccc1P(c1ccccc1)c1ccccc1)c1cccc2ncn(C)c12. The zero-order chi connectivity index (χ0) is 21.2. The molecule has 0 aliphatic heterocycles. The first-order valence-electron chi connectivity index (χ1n) is 10.4. The lowest BCUT2D eigenvalue weighted by molar-refractivity contribution is 0.945. The predicted molar refractivity (Wildman–Crippen MR) is 134 cm³/mol. The van der Waals surface area contributed by atoms with Crippen molar-refractivity contribution < 1.29 is 0 Å². The zero-order valence-corrected chi connectivity index (χ0v) is 18.6. The van der Waals surface area contributed by atoms with Crippen LogP contribution in [0.1, 0.15) is 0 Å². The number of anilines is 2. The van der Waals surface area contributed by atoms with Crippen molar-refractivity contribution in [2.45, 2.75) is 0 Å². The van der Waals surface area contributed by atoms with E-state index in [1.807, 2.05) is 6.33 Å². The number of fused-ring (bicyclic) bond motifs is 1. The van der Waals surface area contributed by atoms with Gasteiger partial charge in [-0.2, -0.15) is 0 Å². The largest absolute Gasteiger partial charge is 0.342 e. The Hall–Kier alpha value is -3.42. The number of aromatic nitrogens is 2. The van der Waals surface area contributed by atoms with Crippen LogP contribution in [-0.2, 0) is 7.05 Å². The highest BCUT2D eigenvalue weighted by molar-refractivity contribution is 7.80. The average molecular weight is 421 g/mol. The van der Waals surface area contributed by atoms with Crippen LogP contribution >= 0.6 is 7.92 Å². The van der Waals surface area contributed by atoms with Crippen LogP contribution in [0.3, 0.4) is 0 Å². The molecule has 0 N–H and O–H groups in total. The number of para-hydroxylation sites is 2. The van der Waals surface area contributed by atoms with Crippen LogP contribution in [-0.4, -0.2) is 16.6 Å². The van der Waals surface area contributed by atoms with Gasteiger partial charge in [-0.3, -0.25) is 0 Å². The molecule has 0 aliphatic carbocycles. The summed E-state index contributed by atoms with van der Waals surface area (Å²) < 4.78 is 2.10. The van der Waals surface area contributed by atoms with Crippen LogP contribution < -0.4 is 20.8 Å². The quantitative estimate of drug-likeness (QED) is 0.368. The van der Waals surface area contributed by atoms with Crippen LogP contribution in [0.5, 0.6) is 0 Å². The summed E-state index contributed by atoms with van der Waals surface area (Å²) in [5.74, 6) is 0. The first-order valence-corrected chi connectivity index (χ1v) is 11.7. The molecule has 0 atom stereocenters. The van der Waals surface area contributed by atoms with Gasteiger partial charge in [0.1, 0.15) is 0 Å². The van der Waals surface area contributed by atoms with E-state index in [2.05, 4.69) is 132 Å². The van der Waals surface area contributed by atoms with Gasteiger partial charge in [0.2, 0.25) is 0 Å². The Kier molecular flexibility index (Phi) is 5.28. The van der Waals surface area contributed by atoms with E-state index in [1.54, 1.807) is 0 Å². The third-order valence-corrected chi connectivity index (χ3v) is 8.08. The molecule has 5 rings (SSSR count). The Morgan fingerprint density at radius 3 is 1.94 bits per heavy atom. The monoisotopic (exact) mass is 421 g/mol. The Labute approximate surface area is 184 Å². The molecule has 0 saturated carbocycles. The maximum Gasteiger partial charge on any atom is 0.0956 e. The summed E-state index contributed by atoms with van der Waals surface area (Å²) in [6, 6.07) is 36.8. The lowest BCUT2D eigenvalue weighted by atomic mass is 10.2. The number of hydrogen-bond acceptors (Lipinski definition) is 2. The molecule has 0 radical (unpaired) electrons. The summed E-state index contributed by atoms with van der Waals surface area (Å²) in [4.78, 5) is 6.85. The van der Waals surface area contributed by atoms with Crippen LogP contribution in [0.4, 0.5) is 11.4 Å². The molecule has 0 unspecified atom stereocenters. The maximum absolute atomic E-state index is 4.55. The van der Waals surface area contributed by atoms with Crippen LogP contribution in [0.15, 0.2) is 109 Å². The summed E-state index contributed by atoms with van der Waals surface area (Å²) in [6.45, 7) is 0. The van der Waals surface area contributed by atoms with E-state index in [9.17, 15) is 0 Å². The number of imidazole rings is 1. The van der Waals surface area contributed by atoms with Crippen molar-refractivity contribution >= 4 is 46.2 Å². The van der Waals surface area contributed by atoms with E-state index in [1.165, 1.54) is 21.6 Å². The molecule has 152 valence electrons. The van der Waals surface area contributed by atoms with Crippen LogP contribution in [0.25, 0.3) is 11.0 Å². The molecule has 3 nitrogen and oxygen atoms in total. The first kappa shape index (κ1) is 19.5. The molecule has 0 aliphatic rings. The van der Waals surface area contributed by atoms with Gasteiger partial charge in [0.25, 0.3) is 0 Å². The lowest BCUT2D eigenvalue weighted by Gasteiger charge is -2.28. The number of nitrogens with zero attached hydrogens (tertiary/aromatic N) is 3. The molecular formula is C27H24N3P. The summed E-state index contributed by atoms with van der Waals surface area (Å²) in [5.41, 5.74) is 4.53. The second-order valence-electron chi connectivity index (χ2n) is 7.55. The van der Waals surface area contributed by atoms with Gasteiger partial charge in [0, 0.05) is 25.1 Å². The molecular weight excluding hydrogens is 397 g/mol. The van der Waals surface area contributed by atoms with Crippen LogP contribution in [0.2, 0.25) is 0 Å². The van der Waals surface area contributed by atoms with Crippen molar-refractivity contribution in [3.8, 4) is 0 Å². The van der Waals surface area contributed by atoms with Gasteiger partial charge in [-0.15, -0.1) is 0 Å². The Bertz CT molecular complexity index is 1270. The summed E-state index contributed by atoms with van der Waals surface area (Å²) in [7, 11) is 3.52. The van der Waals surface area contributed by atoms with E-state index < -0.39 is 7.92 Å². The van der Waals surface area contributed by atoms with Crippen molar-refractivity contribution in [3.05, 3.63) is 109 Å². The summed E-state index contributed by atoms with van der Waals surface area (Å²) in [5, 5.41) is 4.04. The van der Waals surface area contributed by atoms with Gasteiger partial charge < -0.3 is 9.47 Å².